The Bertz CT molecular complexity index is 601. The molecule has 0 atom stereocenters. The lowest BCUT2D eigenvalue weighted by Crippen LogP contribution is -2.17. The van der Waals surface area contributed by atoms with Crippen molar-refractivity contribution < 1.29 is 5.11 Å². The highest BCUT2D eigenvalue weighted by Gasteiger charge is 2.41. The maximum Gasteiger partial charge on any atom is 0.152 e. The molecule has 0 saturated heterocycles. The Morgan fingerprint density at radius 1 is 1.45 bits per heavy atom. The number of fused-ring (bicyclic) bond motifs is 1. The number of nitrogens with zero attached hydrogens (tertiary/aromatic N) is 3. The van der Waals surface area contributed by atoms with E-state index in [1.807, 2.05) is 10.7 Å². The molecular formula is C15H22N4O. The van der Waals surface area contributed by atoms with Gasteiger partial charge in [-0.1, -0.05) is 13.8 Å². The fourth-order valence-corrected chi connectivity index (χ4v) is 2.56. The molecule has 0 aromatic carbocycles. The number of anilines is 1. The van der Waals surface area contributed by atoms with E-state index in [2.05, 4.69) is 35.3 Å². The van der Waals surface area contributed by atoms with Crippen molar-refractivity contribution in [3.05, 3.63) is 24.2 Å². The molecule has 2 N–H and O–H groups in total. The second-order valence-corrected chi connectivity index (χ2v) is 6.16. The van der Waals surface area contributed by atoms with Crippen LogP contribution in [0, 0.1) is 5.41 Å². The van der Waals surface area contributed by atoms with E-state index in [1.54, 1.807) is 6.20 Å². The predicted molar refractivity (Wildman–Crippen MR) is 78.9 cm³/mol. The molecule has 1 aliphatic carbocycles. The molecule has 2 aromatic heterocycles. The highest BCUT2D eigenvalue weighted by atomic mass is 16.3. The van der Waals surface area contributed by atoms with Crippen LogP contribution in [0.3, 0.4) is 0 Å². The van der Waals surface area contributed by atoms with Gasteiger partial charge in [0.1, 0.15) is 5.52 Å². The van der Waals surface area contributed by atoms with Crippen molar-refractivity contribution in [1.29, 1.82) is 0 Å². The quantitative estimate of drug-likeness (QED) is 0.849. The number of hydrogen-bond donors (Lipinski definition) is 2. The molecule has 108 valence electrons. The third-order valence-electron chi connectivity index (χ3n) is 4.23. The Morgan fingerprint density at radius 2 is 2.25 bits per heavy atom. The summed E-state index contributed by atoms with van der Waals surface area (Å²) in [6.07, 6.45) is 6.92. The van der Waals surface area contributed by atoms with Crippen LogP contribution >= 0.6 is 0 Å². The molecule has 20 heavy (non-hydrogen) atoms. The molecule has 0 aliphatic heterocycles. The molecule has 0 bridgehead atoms. The van der Waals surface area contributed by atoms with Crippen molar-refractivity contribution in [1.82, 2.24) is 14.6 Å². The predicted octanol–water partition coefficient (Wildman–Crippen LogP) is 2.43. The van der Waals surface area contributed by atoms with E-state index in [0.717, 1.165) is 30.0 Å². The van der Waals surface area contributed by atoms with Gasteiger partial charge in [0.05, 0.1) is 5.69 Å². The van der Waals surface area contributed by atoms with Crippen LogP contribution in [0.5, 0.6) is 0 Å². The minimum Gasteiger partial charge on any atom is -0.396 e. The third-order valence-corrected chi connectivity index (χ3v) is 4.23. The van der Waals surface area contributed by atoms with Gasteiger partial charge < -0.3 is 10.4 Å². The number of aliphatic hydroxyl groups is 1. The summed E-state index contributed by atoms with van der Waals surface area (Å²) in [6, 6.07) is 2.10. The Kier molecular flexibility index (Phi) is 3.38. The number of aromatic nitrogens is 3. The average Bonchev–Trinajstić information content (AvgIpc) is 3.03. The molecule has 0 spiro atoms. The summed E-state index contributed by atoms with van der Waals surface area (Å²) < 4.78 is 1.89. The van der Waals surface area contributed by atoms with E-state index >= 15 is 0 Å². The first-order valence-electron chi connectivity index (χ1n) is 7.33. The molecule has 2 aromatic rings. The molecule has 1 fully saturated rings. The van der Waals surface area contributed by atoms with Crippen molar-refractivity contribution in [2.75, 3.05) is 18.5 Å². The first-order valence-corrected chi connectivity index (χ1v) is 7.33. The summed E-state index contributed by atoms with van der Waals surface area (Å²) in [4.78, 5) is 4.44. The molecule has 2 heterocycles. The number of rotatable bonds is 6. The minimum atomic E-state index is 0.267. The standard InChI is InChI=1S/C15H22N4O/c1-11(2)12-9-13-14(16-6-7-19(13)18-12)17-10-15(3-4-15)5-8-20/h6-7,9,11,20H,3-5,8,10H2,1-2H3,(H,16,17). The molecule has 5 heteroatoms. The van der Waals surface area contributed by atoms with Crippen LogP contribution in [0.15, 0.2) is 18.5 Å². The molecule has 5 nitrogen and oxygen atoms in total. The van der Waals surface area contributed by atoms with Gasteiger partial charge in [-0.2, -0.15) is 5.10 Å². The van der Waals surface area contributed by atoms with Gasteiger partial charge in [0.15, 0.2) is 5.82 Å². The van der Waals surface area contributed by atoms with E-state index in [1.165, 1.54) is 12.8 Å². The van der Waals surface area contributed by atoms with Gasteiger partial charge in [0, 0.05) is 25.5 Å². The van der Waals surface area contributed by atoms with Crippen molar-refractivity contribution in [2.45, 2.75) is 39.0 Å². The van der Waals surface area contributed by atoms with Crippen LogP contribution in [-0.4, -0.2) is 32.9 Å². The largest absolute Gasteiger partial charge is 0.396 e. The molecule has 0 unspecified atom stereocenters. The van der Waals surface area contributed by atoms with Crippen molar-refractivity contribution in [3.63, 3.8) is 0 Å². The molecule has 0 radical (unpaired) electrons. The van der Waals surface area contributed by atoms with Crippen molar-refractivity contribution in [2.24, 2.45) is 5.41 Å². The third kappa shape index (κ3) is 2.50. The molecule has 3 rings (SSSR count). The van der Waals surface area contributed by atoms with Crippen molar-refractivity contribution >= 4 is 11.3 Å². The fraction of sp³-hybridized carbons (Fsp3) is 0.600. The Labute approximate surface area is 119 Å². The lowest BCUT2D eigenvalue weighted by atomic mass is 10.0. The topological polar surface area (TPSA) is 62.5 Å². The Hall–Kier alpha value is -1.62. The molecule has 1 saturated carbocycles. The molecule has 1 aliphatic rings. The smallest absolute Gasteiger partial charge is 0.152 e. The Balaban J connectivity index is 1.81. The van der Waals surface area contributed by atoms with E-state index in [9.17, 15) is 0 Å². The average molecular weight is 274 g/mol. The lowest BCUT2D eigenvalue weighted by molar-refractivity contribution is 0.253. The van der Waals surface area contributed by atoms with Crippen LogP contribution in [-0.2, 0) is 0 Å². The van der Waals surface area contributed by atoms with E-state index in [-0.39, 0.29) is 12.0 Å². The lowest BCUT2D eigenvalue weighted by Gasteiger charge is -2.15. The van der Waals surface area contributed by atoms with Gasteiger partial charge in [-0.15, -0.1) is 0 Å². The first-order chi connectivity index (χ1) is 9.63. The number of nitrogens with one attached hydrogen (secondary N) is 1. The maximum atomic E-state index is 9.12. The highest BCUT2D eigenvalue weighted by molar-refractivity contribution is 5.68. The van der Waals surface area contributed by atoms with Gasteiger partial charge in [-0.25, -0.2) is 9.50 Å². The number of hydrogen-bond acceptors (Lipinski definition) is 4. The number of aliphatic hydroxyl groups excluding tert-OH is 1. The minimum absolute atomic E-state index is 0.267. The zero-order valence-corrected chi connectivity index (χ0v) is 12.1. The van der Waals surface area contributed by atoms with E-state index in [4.69, 9.17) is 5.11 Å². The summed E-state index contributed by atoms with van der Waals surface area (Å²) in [7, 11) is 0. The van der Waals surface area contributed by atoms with Crippen molar-refractivity contribution in [3.8, 4) is 0 Å². The van der Waals surface area contributed by atoms with Gasteiger partial charge in [-0.3, -0.25) is 0 Å². The second kappa shape index (κ2) is 5.05. The Morgan fingerprint density at radius 3 is 2.90 bits per heavy atom. The highest BCUT2D eigenvalue weighted by Crippen LogP contribution is 2.48. The normalized spacial score (nSPS) is 16.8. The SMILES string of the molecule is CC(C)c1cc2c(NCC3(CCO)CC3)nccn2n1. The van der Waals surface area contributed by atoms with Crippen LogP contribution in [0.25, 0.3) is 5.52 Å². The van der Waals surface area contributed by atoms with Crippen LogP contribution in [0.1, 0.15) is 44.7 Å². The summed E-state index contributed by atoms with van der Waals surface area (Å²) in [5.74, 6) is 1.29. The first kappa shape index (κ1) is 13.4. The van der Waals surface area contributed by atoms with Gasteiger partial charge in [-0.05, 0) is 36.7 Å². The molecule has 0 amide bonds. The molecular weight excluding hydrogens is 252 g/mol. The summed E-state index contributed by atoms with van der Waals surface area (Å²) in [5.41, 5.74) is 2.39. The van der Waals surface area contributed by atoms with Crippen LogP contribution in [0.2, 0.25) is 0 Å². The van der Waals surface area contributed by atoms with Crippen LogP contribution < -0.4 is 5.32 Å². The monoisotopic (exact) mass is 274 g/mol. The summed E-state index contributed by atoms with van der Waals surface area (Å²) in [5, 5.41) is 17.1. The maximum absolute atomic E-state index is 9.12. The van der Waals surface area contributed by atoms with Crippen LogP contribution in [0.4, 0.5) is 5.82 Å². The van der Waals surface area contributed by atoms with E-state index < -0.39 is 0 Å². The van der Waals surface area contributed by atoms with Gasteiger partial charge in [0.25, 0.3) is 0 Å². The zero-order valence-electron chi connectivity index (χ0n) is 12.1. The second-order valence-electron chi connectivity index (χ2n) is 6.16. The summed E-state index contributed by atoms with van der Waals surface area (Å²) in [6.45, 7) is 5.43. The summed E-state index contributed by atoms with van der Waals surface area (Å²) >= 11 is 0. The fourth-order valence-electron chi connectivity index (χ4n) is 2.56. The van der Waals surface area contributed by atoms with Gasteiger partial charge >= 0.3 is 0 Å². The van der Waals surface area contributed by atoms with E-state index in [0.29, 0.717) is 5.92 Å². The zero-order chi connectivity index (χ0) is 14.2. The van der Waals surface area contributed by atoms with Gasteiger partial charge in [0.2, 0.25) is 0 Å².